The fraction of sp³-hybridized carbons (Fsp3) is 0.667. The predicted molar refractivity (Wildman–Crippen MR) is 52.4 cm³/mol. The average Bonchev–Trinajstić information content (AvgIpc) is 2.63. The van der Waals surface area contributed by atoms with Gasteiger partial charge in [-0.05, 0) is 6.07 Å². The number of morpholine rings is 1. The largest absolute Gasteiger partial charge is 0.379 e. The number of nitrogens with zero attached hydrogens (tertiary/aromatic N) is 3. The van der Waals surface area contributed by atoms with Gasteiger partial charge in [0.15, 0.2) is 0 Å². The highest BCUT2D eigenvalue weighted by Gasteiger charge is 2.09. The molecule has 0 amide bonds. The zero-order valence-corrected chi connectivity index (χ0v) is 8.44. The molecule has 0 aliphatic carbocycles. The Labute approximate surface area is 83.6 Å². The number of nitrogens with one attached hydrogen (secondary N) is 1. The average molecular weight is 196 g/mol. The molecule has 1 fully saturated rings. The number of ether oxygens (including phenoxy) is 1. The van der Waals surface area contributed by atoms with Gasteiger partial charge in [-0.1, -0.05) is 0 Å². The Morgan fingerprint density at radius 3 is 2.93 bits per heavy atom. The molecule has 5 heteroatoms. The van der Waals surface area contributed by atoms with Gasteiger partial charge in [-0.25, -0.2) is 10.4 Å². The summed E-state index contributed by atoms with van der Waals surface area (Å²) in [7, 11) is 1.93. The first-order valence-electron chi connectivity index (χ1n) is 4.89. The molecule has 0 spiro atoms. The fourth-order valence-electron chi connectivity index (χ4n) is 1.47. The van der Waals surface area contributed by atoms with Crippen LogP contribution in [-0.2, 0) is 18.3 Å². The Morgan fingerprint density at radius 2 is 2.29 bits per heavy atom. The van der Waals surface area contributed by atoms with E-state index in [4.69, 9.17) is 4.74 Å². The Kier molecular flexibility index (Phi) is 3.13. The van der Waals surface area contributed by atoms with Gasteiger partial charge in [0, 0.05) is 26.3 Å². The van der Waals surface area contributed by atoms with Crippen molar-refractivity contribution in [3.63, 3.8) is 0 Å². The number of rotatable bonds is 3. The van der Waals surface area contributed by atoms with E-state index in [2.05, 4.69) is 15.5 Å². The molecule has 0 saturated carbocycles. The van der Waals surface area contributed by atoms with Crippen molar-refractivity contribution in [1.82, 2.24) is 20.2 Å². The second kappa shape index (κ2) is 4.54. The summed E-state index contributed by atoms with van der Waals surface area (Å²) in [5.74, 6) is 0. The first-order chi connectivity index (χ1) is 6.84. The van der Waals surface area contributed by atoms with E-state index in [0.717, 1.165) is 38.5 Å². The lowest BCUT2D eigenvalue weighted by atomic mass is 10.4. The van der Waals surface area contributed by atoms with Crippen molar-refractivity contribution in [2.45, 2.75) is 6.54 Å². The molecule has 78 valence electrons. The Balaban J connectivity index is 1.76. The van der Waals surface area contributed by atoms with E-state index in [0.29, 0.717) is 0 Å². The van der Waals surface area contributed by atoms with Gasteiger partial charge in [0.05, 0.1) is 25.5 Å². The van der Waals surface area contributed by atoms with Gasteiger partial charge in [-0.2, -0.15) is 5.10 Å². The molecule has 1 N–H and O–H groups in total. The molecule has 1 aliphatic rings. The van der Waals surface area contributed by atoms with E-state index >= 15 is 0 Å². The molecule has 1 aromatic rings. The third kappa shape index (κ3) is 2.54. The third-order valence-corrected chi connectivity index (χ3v) is 2.26. The molecule has 0 unspecified atom stereocenters. The summed E-state index contributed by atoms with van der Waals surface area (Å²) >= 11 is 0. The minimum Gasteiger partial charge on any atom is -0.379 e. The van der Waals surface area contributed by atoms with E-state index in [9.17, 15) is 0 Å². The van der Waals surface area contributed by atoms with Crippen LogP contribution in [0.15, 0.2) is 12.3 Å². The lowest BCUT2D eigenvalue weighted by Crippen LogP contribution is -2.45. The van der Waals surface area contributed by atoms with E-state index in [1.54, 1.807) is 0 Å². The van der Waals surface area contributed by atoms with Crippen LogP contribution in [0.25, 0.3) is 0 Å². The number of hydrazine groups is 1. The van der Waals surface area contributed by atoms with Crippen LogP contribution in [0.4, 0.5) is 0 Å². The van der Waals surface area contributed by atoms with Gasteiger partial charge in [0.1, 0.15) is 0 Å². The van der Waals surface area contributed by atoms with Gasteiger partial charge < -0.3 is 4.74 Å². The maximum Gasteiger partial charge on any atom is 0.0776 e. The molecule has 5 nitrogen and oxygen atoms in total. The van der Waals surface area contributed by atoms with Crippen molar-refractivity contribution < 1.29 is 4.74 Å². The van der Waals surface area contributed by atoms with Crippen molar-refractivity contribution in [2.24, 2.45) is 7.05 Å². The molecule has 1 aliphatic heterocycles. The van der Waals surface area contributed by atoms with Crippen molar-refractivity contribution in [3.8, 4) is 0 Å². The second-order valence-corrected chi connectivity index (χ2v) is 3.42. The number of aryl methyl sites for hydroxylation is 1. The topological polar surface area (TPSA) is 42.3 Å². The standard InChI is InChI=1S/C9H16N4O/c1-12-3-2-9(11-12)8-10-13-4-6-14-7-5-13/h2-3,10H,4-8H2,1H3. The monoisotopic (exact) mass is 196 g/mol. The summed E-state index contributed by atoms with van der Waals surface area (Å²) in [5, 5.41) is 6.47. The van der Waals surface area contributed by atoms with Crippen LogP contribution < -0.4 is 5.43 Å². The minimum absolute atomic E-state index is 0.792. The Hall–Kier alpha value is -0.910. The normalized spacial score (nSPS) is 18.6. The summed E-state index contributed by atoms with van der Waals surface area (Å²) < 4.78 is 7.07. The van der Waals surface area contributed by atoms with Crippen molar-refractivity contribution in [3.05, 3.63) is 18.0 Å². The molecule has 2 rings (SSSR count). The lowest BCUT2D eigenvalue weighted by Gasteiger charge is -2.26. The SMILES string of the molecule is Cn1ccc(CNN2CCOCC2)n1. The Bertz CT molecular complexity index is 280. The van der Waals surface area contributed by atoms with Crippen molar-refractivity contribution >= 4 is 0 Å². The van der Waals surface area contributed by atoms with Crippen LogP contribution in [0.1, 0.15) is 5.69 Å². The molecule has 0 aromatic carbocycles. The van der Waals surface area contributed by atoms with Crippen LogP contribution in [-0.4, -0.2) is 41.1 Å². The maximum absolute atomic E-state index is 5.25. The van der Waals surface area contributed by atoms with Gasteiger partial charge >= 0.3 is 0 Å². The van der Waals surface area contributed by atoms with Gasteiger partial charge in [0.2, 0.25) is 0 Å². The molecular formula is C9H16N4O. The molecule has 14 heavy (non-hydrogen) atoms. The van der Waals surface area contributed by atoms with Crippen molar-refractivity contribution in [1.29, 1.82) is 0 Å². The minimum atomic E-state index is 0.792. The molecule has 1 aromatic heterocycles. The molecule has 2 heterocycles. The van der Waals surface area contributed by atoms with Crippen LogP contribution >= 0.6 is 0 Å². The second-order valence-electron chi connectivity index (χ2n) is 3.42. The smallest absolute Gasteiger partial charge is 0.0776 e. The summed E-state index contributed by atoms with van der Waals surface area (Å²) in [6.45, 7) is 4.32. The summed E-state index contributed by atoms with van der Waals surface area (Å²) in [6.07, 6.45) is 1.95. The highest BCUT2D eigenvalue weighted by atomic mass is 16.5. The van der Waals surface area contributed by atoms with Gasteiger partial charge in [0.25, 0.3) is 0 Å². The van der Waals surface area contributed by atoms with Crippen molar-refractivity contribution in [2.75, 3.05) is 26.3 Å². The van der Waals surface area contributed by atoms with E-state index < -0.39 is 0 Å². The first kappa shape index (κ1) is 9.64. The van der Waals surface area contributed by atoms with Crippen LogP contribution in [0.3, 0.4) is 0 Å². The first-order valence-corrected chi connectivity index (χ1v) is 4.89. The maximum atomic E-state index is 5.25. The third-order valence-electron chi connectivity index (χ3n) is 2.26. The summed E-state index contributed by atoms with van der Waals surface area (Å²) in [5.41, 5.74) is 4.40. The lowest BCUT2D eigenvalue weighted by molar-refractivity contribution is 0.0103. The summed E-state index contributed by atoms with van der Waals surface area (Å²) in [6, 6.07) is 2.02. The molecule has 0 atom stereocenters. The predicted octanol–water partition coefficient (Wildman–Crippen LogP) is -0.243. The quantitative estimate of drug-likeness (QED) is 0.724. The molecular weight excluding hydrogens is 180 g/mol. The molecule has 0 radical (unpaired) electrons. The number of hydrogen-bond donors (Lipinski definition) is 1. The fourth-order valence-corrected chi connectivity index (χ4v) is 1.47. The van der Waals surface area contributed by atoms with E-state index in [1.165, 1.54) is 0 Å². The molecule has 0 bridgehead atoms. The number of aromatic nitrogens is 2. The van der Waals surface area contributed by atoms with Gasteiger partial charge in [-0.15, -0.1) is 0 Å². The zero-order chi connectivity index (χ0) is 9.80. The summed E-state index contributed by atoms with van der Waals surface area (Å²) in [4.78, 5) is 0. The van der Waals surface area contributed by atoms with E-state index in [1.807, 2.05) is 24.0 Å². The van der Waals surface area contributed by atoms with Gasteiger partial charge in [-0.3, -0.25) is 4.68 Å². The van der Waals surface area contributed by atoms with E-state index in [-0.39, 0.29) is 0 Å². The van der Waals surface area contributed by atoms with Crippen LogP contribution in [0.5, 0.6) is 0 Å². The highest BCUT2D eigenvalue weighted by Crippen LogP contribution is 1.96. The van der Waals surface area contributed by atoms with Crippen LogP contribution in [0, 0.1) is 0 Å². The Morgan fingerprint density at radius 1 is 1.50 bits per heavy atom. The zero-order valence-electron chi connectivity index (χ0n) is 8.44. The molecule has 1 saturated heterocycles. The number of hydrogen-bond acceptors (Lipinski definition) is 4. The highest BCUT2D eigenvalue weighted by molar-refractivity contribution is 4.97. The van der Waals surface area contributed by atoms with Crippen LogP contribution in [0.2, 0.25) is 0 Å².